The summed E-state index contributed by atoms with van der Waals surface area (Å²) in [5.74, 6) is 0. The minimum Gasteiger partial charge on any atom is -0.445 e. The molecule has 1 fully saturated rings. The molecular formula is C18H34Cl3NO7Si. The van der Waals surface area contributed by atoms with Crippen LogP contribution < -0.4 is 5.32 Å². The highest BCUT2D eigenvalue weighted by atomic mass is 35.6. The summed E-state index contributed by atoms with van der Waals surface area (Å²) < 4.78 is 20.1. The number of hydrogen-bond donors (Lipinski definition) is 3. The van der Waals surface area contributed by atoms with E-state index in [1.807, 2.05) is 0 Å². The molecule has 0 radical (unpaired) electrons. The summed E-state index contributed by atoms with van der Waals surface area (Å²) in [5.41, 5.74) is 0. The van der Waals surface area contributed by atoms with Crippen LogP contribution in [0.2, 0.25) is 19.1 Å². The normalized spacial score (nSPS) is 27.7. The Kier molecular flexibility index (Phi) is 12.2. The number of nitrogens with one attached hydrogen (secondary N) is 1. The standard InChI is InChI=1S/C18H34Cl3NO7Si/c1-5-6-7-8-9-30(3,4)28-10-12-14(23)15(24)13(16(26-2)29-12)22-17(25)27-11-18(19,20)21/h12-16,23-24H,5-11H2,1-4H3,(H,22,25)/t12-,13-,14-,15-,16+/m1/s1. The van der Waals surface area contributed by atoms with Crippen molar-refractivity contribution in [3.05, 3.63) is 0 Å². The van der Waals surface area contributed by atoms with Crippen LogP contribution >= 0.6 is 34.8 Å². The third-order valence-corrected chi connectivity index (χ3v) is 7.69. The van der Waals surface area contributed by atoms with Gasteiger partial charge < -0.3 is 34.2 Å². The van der Waals surface area contributed by atoms with Gasteiger partial charge in [-0.1, -0.05) is 67.4 Å². The largest absolute Gasteiger partial charge is 0.445 e. The number of alkyl carbamates (subject to hydrolysis) is 1. The summed E-state index contributed by atoms with van der Waals surface area (Å²) in [6.45, 7) is 6.03. The van der Waals surface area contributed by atoms with E-state index in [0.717, 1.165) is 12.5 Å². The minimum absolute atomic E-state index is 0.121. The molecule has 0 bridgehead atoms. The highest BCUT2D eigenvalue weighted by molar-refractivity contribution is 6.71. The van der Waals surface area contributed by atoms with Crippen molar-refractivity contribution in [3.8, 4) is 0 Å². The van der Waals surface area contributed by atoms with Crippen LogP contribution in [0.3, 0.4) is 0 Å². The summed E-state index contributed by atoms with van der Waals surface area (Å²) in [7, 11) is -0.572. The van der Waals surface area contributed by atoms with E-state index in [1.54, 1.807) is 0 Å². The fraction of sp³-hybridized carbons (Fsp3) is 0.944. The van der Waals surface area contributed by atoms with Gasteiger partial charge in [-0.25, -0.2) is 4.79 Å². The quantitative estimate of drug-likeness (QED) is 0.222. The molecule has 1 heterocycles. The second-order valence-electron chi connectivity index (χ2n) is 8.00. The molecule has 1 aliphatic heterocycles. The maximum absolute atomic E-state index is 11.9. The molecule has 1 saturated heterocycles. The molecule has 0 unspecified atom stereocenters. The van der Waals surface area contributed by atoms with Gasteiger partial charge in [0.1, 0.15) is 31.0 Å². The van der Waals surface area contributed by atoms with Gasteiger partial charge >= 0.3 is 6.09 Å². The number of carbonyl (C=O) groups excluding carboxylic acids is 1. The van der Waals surface area contributed by atoms with Crippen LogP contribution in [-0.4, -0.2) is 79.4 Å². The molecule has 8 nitrogen and oxygen atoms in total. The van der Waals surface area contributed by atoms with Crippen molar-refractivity contribution in [3.63, 3.8) is 0 Å². The van der Waals surface area contributed by atoms with Crippen molar-refractivity contribution >= 4 is 49.2 Å². The van der Waals surface area contributed by atoms with E-state index in [1.165, 1.54) is 26.4 Å². The molecule has 1 rings (SSSR count). The van der Waals surface area contributed by atoms with Gasteiger partial charge in [0.15, 0.2) is 14.6 Å². The van der Waals surface area contributed by atoms with Crippen LogP contribution in [0.25, 0.3) is 0 Å². The smallest absolute Gasteiger partial charge is 0.407 e. The molecule has 0 spiro atoms. The Hall–Kier alpha value is 0.157. The van der Waals surface area contributed by atoms with Gasteiger partial charge in [0.05, 0.1) is 6.61 Å². The number of amides is 1. The van der Waals surface area contributed by atoms with E-state index >= 15 is 0 Å². The number of ether oxygens (including phenoxy) is 3. The molecule has 0 aromatic heterocycles. The lowest BCUT2D eigenvalue weighted by atomic mass is 9.97. The van der Waals surface area contributed by atoms with Crippen LogP contribution in [0.1, 0.15) is 32.6 Å². The van der Waals surface area contributed by atoms with Crippen LogP contribution in [0.5, 0.6) is 0 Å². The summed E-state index contributed by atoms with van der Waals surface area (Å²) in [6, 6.07) is -0.0749. The molecule has 30 heavy (non-hydrogen) atoms. The SMILES string of the molecule is CCCCCC[Si](C)(C)OC[C@H]1O[C@H](OC)[C@H](NC(=O)OCC(Cl)(Cl)Cl)[C@@H](O)[C@@H]1O. The van der Waals surface area contributed by atoms with E-state index in [2.05, 4.69) is 25.3 Å². The first-order chi connectivity index (χ1) is 13.9. The van der Waals surface area contributed by atoms with Gasteiger partial charge in [-0.05, 0) is 19.1 Å². The average Bonchev–Trinajstić information content (AvgIpc) is 2.66. The van der Waals surface area contributed by atoms with E-state index in [4.69, 9.17) is 53.4 Å². The Balaban J connectivity index is 2.61. The van der Waals surface area contributed by atoms with Crippen LogP contribution in [0, 0.1) is 0 Å². The predicted octanol–water partition coefficient (Wildman–Crippen LogP) is 3.35. The van der Waals surface area contributed by atoms with Crippen molar-refractivity contribution < 1.29 is 33.6 Å². The maximum atomic E-state index is 11.9. The van der Waals surface area contributed by atoms with Gasteiger partial charge in [0.2, 0.25) is 3.79 Å². The summed E-state index contributed by atoms with van der Waals surface area (Å²) >= 11 is 16.6. The number of alkyl halides is 3. The topological polar surface area (TPSA) is 106 Å². The maximum Gasteiger partial charge on any atom is 0.407 e. The molecule has 0 saturated carbocycles. The number of methoxy groups -OCH3 is 1. The monoisotopic (exact) mass is 509 g/mol. The molecule has 0 aliphatic carbocycles. The summed E-state index contributed by atoms with van der Waals surface area (Å²) in [5, 5.41) is 23.4. The average molecular weight is 511 g/mol. The molecule has 178 valence electrons. The third-order valence-electron chi connectivity index (χ3n) is 4.86. The second-order valence-corrected chi connectivity index (χ2v) is 14.8. The molecule has 1 aliphatic rings. The highest BCUT2D eigenvalue weighted by Gasteiger charge is 2.46. The first kappa shape index (κ1) is 28.2. The van der Waals surface area contributed by atoms with Crippen molar-refractivity contribution in [2.45, 2.75) is 86.2 Å². The Morgan fingerprint density at radius 2 is 1.83 bits per heavy atom. The van der Waals surface area contributed by atoms with E-state index in [9.17, 15) is 15.0 Å². The van der Waals surface area contributed by atoms with E-state index in [0.29, 0.717) is 0 Å². The number of halogens is 3. The van der Waals surface area contributed by atoms with Crippen molar-refractivity contribution in [1.29, 1.82) is 0 Å². The molecular weight excluding hydrogens is 477 g/mol. The lowest BCUT2D eigenvalue weighted by molar-refractivity contribution is -0.261. The zero-order valence-corrected chi connectivity index (χ0v) is 21.2. The molecule has 0 aromatic rings. The van der Waals surface area contributed by atoms with Crippen LogP contribution in [-0.2, 0) is 18.6 Å². The summed E-state index contributed by atoms with van der Waals surface area (Å²) in [4.78, 5) is 11.9. The fourth-order valence-electron chi connectivity index (χ4n) is 3.11. The number of aliphatic hydroxyl groups is 2. The Bertz CT molecular complexity index is 522. The lowest BCUT2D eigenvalue weighted by Gasteiger charge is -2.42. The number of carbonyl (C=O) groups is 1. The Morgan fingerprint density at radius 1 is 1.17 bits per heavy atom. The van der Waals surface area contributed by atoms with Gasteiger partial charge in [0, 0.05) is 7.11 Å². The zero-order chi connectivity index (χ0) is 22.9. The second kappa shape index (κ2) is 13.0. The fourth-order valence-corrected chi connectivity index (χ4v) is 5.13. The van der Waals surface area contributed by atoms with Crippen molar-refractivity contribution in [1.82, 2.24) is 5.32 Å². The first-order valence-electron chi connectivity index (χ1n) is 10.1. The Labute approximate surface area is 194 Å². The number of rotatable bonds is 11. The van der Waals surface area contributed by atoms with Crippen molar-refractivity contribution in [2.24, 2.45) is 0 Å². The first-order valence-corrected chi connectivity index (χ1v) is 14.3. The minimum atomic E-state index is -1.93. The van der Waals surface area contributed by atoms with Gasteiger partial charge in [-0.15, -0.1) is 0 Å². The third kappa shape index (κ3) is 10.2. The van der Waals surface area contributed by atoms with E-state index in [-0.39, 0.29) is 6.61 Å². The van der Waals surface area contributed by atoms with E-state index < -0.39 is 55.5 Å². The summed E-state index contributed by atoms with van der Waals surface area (Å²) in [6.07, 6.45) is -0.777. The molecule has 5 atom stereocenters. The number of hydrogen-bond acceptors (Lipinski definition) is 7. The number of aliphatic hydroxyl groups excluding tert-OH is 2. The molecule has 12 heteroatoms. The highest BCUT2D eigenvalue weighted by Crippen LogP contribution is 2.27. The van der Waals surface area contributed by atoms with Gasteiger partial charge in [0.25, 0.3) is 0 Å². The predicted molar refractivity (Wildman–Crippen MR) is 119 cm³/mol. The number of unbranched alkanes of at least 4 members (excludes halogenated alkanes) is 3. The lowest BCUT2D eigenvalue weighted by Crippen LogP contribution is -2.65. The molecule has 3 N–H and O–H groups in total. The van der Waals surface area contributed by atoms with Crippen LogP contribution in [0.4, 0.5) is 4.79 Å². The molecule has 0 aromatic carbocycles. The Morgan fingerprint density at radius 3 is 2.40 bits per heavy atom. The molecule has 1 amide bonds. The van der Waals surface area contributed by atoms with Crippen molar-refractivity contribution in [2.75, 3.05) is 20.3 Å². The van der Waals surface area contributed by atoms with Gasteiger partial charge in [-0.2, -0.15) is 0 Å². The van der Waals surface area contributed by atoms with Crippen LogP contribution in [0.15, 0.2) is 0 Å². The zero-order valence-electron chi connectivity index (χ0n) is 17.9. The van der Waals surface area contributed by atoms with Gasteiger partial charge in [-0.3, -0.25) is 0 Å².